The lowest BCUT2D eigenvalue weighted by Crippen LogP contribution is -1.84. The fourth-order valence-electron chi connectivity index (χ4n) is 1.20. The third kappa shape index (κ3) is 3.51. The van der Waals surface area contributed by atoms with Crippen molar-refractivity contribution in [2.45, 2.75) is 25.7 Å². The highest BCUT2D eigenvalue weighted by Crippen LogP contribution is 2.06. The topological polar surface area (TPSA) is 0 Å². The SMILES string of the molecule is F[CH]CCCCc1ccccc1. The van der Waals surface area contributed by atoms with Crippen molar-refractivity contribution < 1.29 is 4.39 Å². The maximum absolute atomic E-state index is 11.6. The van der Waals surface area contributed by atoms with Crippen LogP contribution in [0.4, 0.5) is 4.39 Å². The summed E-state index contributed by atoms with van der Waals surface area (Å²) in [5, 5.41) is 0. The van der Waals surface area contributed by atoms with Crippen LogP contribution in [0, 0.1) is 6.67 Å². The minimum atomic E-state index is 0.590. The van der Waals surface area contributed by atoms with E-state index in [9.17, 15) is 4.39 Å². The summed E-state index contributed by atoms with van der Waals surface area (Å²) in [6.45, 7) is 0.741. The van der Waals surface area contributed by atoms with Gasteiger partial charge < -0.3 is 0 Å². The Morgan fingerprint density at radius 3 is 2.50 bits per heavy atom. The van der Waals surface area contributed by atoms with Gasteiger partial charge in [-0.3, -0.25) is 0 Å². The van der Waals surface area contributed by atoms with Gasteiger partial charge in [0.05, 0.1) is 0 Å². The van der Waals surface area contributed by atoms with Crippen molar-refractivity contribution in [2.24, 2.45) is 0 Å². The third-order valence-corrected chi connectivity index (χ3v) is 1.87. The molecule has 0 nitrogen and oxygen atoms in total. The molecule has 0 aliphatic rings. The summed E-state index contributed by atoms with van der Waals surface area (Å²) >= 11 is 0. The Labute approximate surface area is 73.4 Å². The lowest BCUT2D eigenvalue weighted by molar-refractivity contribution is 0.550. The number of rotatable bonds is 5. The van der Waals surface area contributed by atoms with Crippen LogP contribution in [0.15, 0.2) is 30.3 Å². The lowest BCUT2D eigenvalue weighted by atomic mass is 10.1. The summed E-state index contributed by atoms with van der Waals surface area (Å²) in [5.74, 6) is 0. The summed E-state index contributed by atoms with van der Waals surface area (Å²) in [6, 6.07) is 10.3. The zero-order chi connectivity index (χ0) is 8.65. The monoisotopic (exact) mass is 165 g/mol. The van der Waals surface area contributed by atoms with Crippen molar-refractivity contribution in [1.29, 1.82) is 0 Å². The molecule has 0 saturated carbocycles. The number of aryl methyl sites for hydroxylation is 1. The van der Waals surface area contributed by atoms with Gasteiger partial charge in [0.1, 0.15) is 6.67 Å². The molecule has 65 valence electrons. The van der Waals surface area contributed by atoms with E-state index in [-0.39, 0.29) is 0 Å². The van der Waals surface area contributed by atoms with Gasteiger partial charge in [0.2, 0.25) is 0 Å². The summed E-state index contributed by atoms with van der Waals surface area (Å²) < 4.78 is 11.6. The van der Waals surface area contributed by atoms with E-state index in [0.717, 1.165) is 25.9 Å². The third-order valence-electron chi connectivity index (χ3n) is 1.87. The summed E-state index contributed by atoms with van der Waals surface area (Å²) in [4.78, 5) is 0. The van der Waals surface area contributed by atoms with Crippen molar-refractivity contribution in [1.82, 2.24) is 0 Å². The molecule has 0 unspecified atom stereocenters. The minimum absolute atomic E-state index is 0.590. The first-order valence-electron chi connectivity index (χ1n) is 4.39. The summed E-state index contributed by atoms with van der Waals surface area (Å²) in [5.41, 5.74) is 1.34. The molecule has 0 heterocycles. The summed E-state index contributed by atoms with van der Waals surface area (Å²) in [7, 11) is 0. The smallest absolute Gasteiger partial charge is 0.131 e. The number of hydrogen-bond acceptors (Lipinski definition) is 0. The highest BCUT2D eigenvalue weighted by atomic mass is 19.1. The van der Waals surface area contributed by atoms with Crippen LogP contribution in [-0.4, -0.2) is 0 Å². The van der Waals surface area contributed by atoms with Crippen molar-refractivity contribution in [3.63, 3.8) is 0 Å². The van der Waals surface area contributed by atoms with E-state index in [1.807, 2.05) is 18.2 Å². The second-order valence-electron chi connectivity index (χ2n) is 2.89. The zero-order valence-electron chi connectivity index (χ0n) is 7.17. The highest BCUT2D eigenvalue weighted by molar-refractivity contribution is 5.14. The molecule has 0 aliphatic carbocycles. The first-order valence-corrected chi connectivity index (χ1v) is 4.39. The molecule has 0 atom stereocenters. The molecule has 12 heavy (non-hydrogen) atoms. The average molecular weight is 165 g/mol. The first kappa shape index (κ1) is 9.24. The fourth-order valence-corrected chi connectivity index (χ4v) is 1.20. The van der Waals surface area contributed by atoms with Crippen LogP contribution >= 0.6 is 0 Å². The van der Waals surface area contributed by atoms with E-state index in [1.165, 1.54) is 5.56 Å². The molecule has 0 N–H and O–H groups in total. The van der Waals surface area contributed by atoms with Gasteiger partial charge in [0.25, 0.3) is 0 Å². The first-order chi connectivity index (χ1) is 5.93. The largest absolute Gasteiger partial charge is 0.244 e. The number of benzene rings is 1. The van der Waals surface area contributed by atoms with Gasteiger partial charge in [-0.1, -0.05) is 36.8 Å². The van der Waals surface area contributed by atoms with Crippen molar-refractivity contribution in [2.75, 3.05) is 0 Å². The molecule has 1 aromatic carbocycles. The Bertz CT molecular complexity index is 193. The Morgan fingerprint density at radius 2 is 1.83 bits per heavy atom. The van der Waals surface area contributed by atoms with E-state index >= 15 is 0 Å². The van der Waals surface area contributed by atoms with Gasteiger partial charge in [0, 0.05) is 0 Å². The molecular weight excluding hydrogens is 151 g/mol. The Morgan fingerprint density at radius 1 is 1.08 bits per heavy atom. The molecule has 1 aromatic rings. The quantitative estimate of drug-likeness (QED) is 0.585. The van der Waals surface area contributed by atoms with E-state index in [0.29, 0.717) is 6.42 Å². The molecule has 1 radical (unpaired) electrons. The Kier molecular flexibility index (Phi) is 4.43. The maximum Gasteiger partial charge on any atom is 0.131 e. The molecule has 0 fully saturated rings. The van der Waals surface area contributed by atoms with Crippen LogP contribution in [0.25, 0.3) is 0 Å². The van der Waals surface area contributed by atoms with Gasteiger partial charge in [-0.25, -0.2) is 4.39 Å². The van der Waals surface area contributed by atoms with E-state index in [4.69, 9.17) is 0 Å². The van der Waals surface area contributed by atoms with Crippen LogP contribution in [0.2, 0.25) is 0 Å². The molecule has 1 rings (SSSR count). The molecule has 1 heteroatoms. The predicted molar refractivity (Wildman–Crippen MR) is 49.4 cm³/mol. The van der Waals surface area contributed by atoms with Crippen molar-refractivity contribution in [3.05, 3.63) is 42.6 Å². The molecule has 0 aliphatic heterocycles. The second-order valence-corrected chi connectivity index (χ2v) is 2.89. The Hall–Kier alpha value is -0.850. The normalized spacial score (nSPS) is 10.1. The number of unbranched alkanes of at least 4 members (excludes halogenated alkanes) is 2. The summed E-state index contributed by atoms with van der Waals surface area (Å²) in [6.07, 6.45) is 3.68. The minimum Gasteiger partial charge on any atom is -0.244 e. The molecular formula is C11H14F. The molecule has 0 saturated heterocycles. The van der Waals surface area contributed by atoms with Gasteiger partial charge in [-0.2, -0.15) is 0 Å². The number of hydrogen-bond donors (Lipinski definition) is 0. The van der Waals surface area contributed by atoms with E-state index in [2.05, 4.69) is 12.1 Å². The van der Waals surface area contributed by atoms with Crippen molar-refractivity contribution in [3.8, 4) is 0 Å². The van der Waals surface area contributed by atoms with Gasteiger partial charge >= 0.3 is 0 Å². The molecule has 0 aromatic heterocycles. The van der Waals surface area contributed by atoms with Gasteiger partial charge in [-0.05, 0) is 24.8 Å². The Balaban J connectivity index is 2.16. The van der Waals surface area contributed by atoms with Gasteiger partial charge in [0.15, 0.2) is 0 Å². The number of halogens is 1. The van der Waals surface area contributed by atoms with E-state index < -0.39 is 0 Å². The highest BCUT2D eigenvalue weighted by Gasteiger charge is 1.91. The lowest BCUT2D eigenvalue weighted by Gasteiger charge is -1.98. The van der Waals surface area contributed by atoms with E-state index in [1.54, 1.807) is 0 Å². The van der Waals surface area contributed by atoms with Crippen LogP contribution in [0.1, 0.15) is 24.8 Å². The molecule has 0 amide bonds. The standard InChI is InChI=1S/C11H14F/c12-10-6-2-5-9-11-7-3-1-4-8-11/h1,3-4,7-8,10H,2,5-6,9H2. The molecule has 0 bridgehead atoms. The zero-order valence-corrected chi connectivity index (χ0v) is 7.17. The average Bonchev–Trinajstić information content (AvgIpc) is 2.14. The van der Waals surface area contributed by atoms with Crippen LogP contribution in [-0.2, 0) is 6.42 Å². The van der Waals surface area contributed by atoms with Crippen LogP contribution < -0.4 is 0 Å². The van der Waals surface area contributed by atoms with Crippen LogP contribution in [0.3, 0.4) is 0 Å². The second kappa shape index (κ2) is 5.76. The maximum atomic E-state index is 11.6. The predicted octanol–water partition coefficient (Wildman–Crippen LogP) is 3.53. The van der Waals surface area contributed by atoms with Crippen LogP contribution in [0.5, 0.6) is 0 Å². The van der Waals surface area contributed by atoms with Crippen molar-refractivity contribution >= 4 is 0 Å². The molecule has 0 spiro atoms. The van der Waals surface area contributed by atoms with Gasteiger partial charge in [-0.15, -0.1) is 0 Å². The fraction of sp³-hybridized carbons (Fsp3) is 0.364.